The van der Waals surface area contributed by atoms with Crippen molar-refractivity contribution in [1.82, 2.24) is 4.98 Å². The second-order valence-corrected chi connectivity index (χ2v) is 4.18. The number of rotatable bonds is 4. The Kier molecular flexibility index (Phi) is 4.74. The van der Waals surface area contributed by atoms with Gasteiger partial charge in [0.1, 0.15) is 5.82 Å². The van der Waals surface area contributed by atoms with E-state index in [1.54, 1.807) is 6.92 Å². The molecule has 4 nitrogen and oxygen atoms in total. The summed E-state index contributed by atoms with van der Waals surface area (Å²) in [6.07, 6.45) is -3.20. The molecule has 0 aliphatic rings. The van der Waals surface area contributed by atoms with Crippen LogP contribution in [0, 0.1) is 5.92 Å². The highest BCUT2D eigenvalue weighted by Crippen LogP contribution is 2.34. The van der Waals surface area contributed by atoms with E-state index in [4.69, 9.17) is 0 Å². The molecule has 1 heterocycles. The van der Waals surface area contributed by atoms with E-state index in [-0.39, 0.29) is 12.4 Å². The van der Waals surface area contributed by atoms with Crippen molar-refractivity contribution in [3.05, 3.63) is 23.9 Å². The molecule has 0 N–H and O–H groups in total. The summed E-state index contributed by atoms with van der Waals surface area (Å²) >= 11 is 0. The Morgan fingerprint density at radius 2 is 2.16 bits per heavy atom. The van der Waals surface area contributed by atoms with Crippen molar-refractivity contribution in [1.29, 1.82) is 0 Å². The minimum atomic E-state index is -4.48. The van der Waals surface area contributed by atoms with Crippen LogP contribution in [0.2, 0.25) is 0 Å². The summed E-state index contributed by atoms with van der Waals surface area (Å²) in [4.78, 5) is 16.3. The summed E-state index contributed by atoms with van der Waals surface area (Å²) in [5.41, 5.74) is -0.824. The molecule has 0 radical (unpaired) electrons. The van der Waals surface area contributed by atoms with Crippen LogP contribution in [0.4, 0.5) is 19.0 Å². The van der Waals surface area contributed by atoms with Gasteiger partial charge in [-0.15, -0.1) is 0 Å². The fourth-order valence-electron chi connectivity index (χ4n) is 1.70. The zero-order valence-electron chi connectivity index (χ0n) is 10.9. The van der Waals surface area contributed by atoms with Gasteiger partial charge in [0.25, 0.3) is 0 Å². The predicted molar refractivity (Wildman–Crippen MR) is 63.7 cm³/mol. The first-order chi connectivity index (χ1) is 8.77. The van der Waals surface area contributed by atoms with E-state index < -0.39 is 23.6 Å². The van der Waals surface area contributed by atoms with E-state index in [0.29, 0.717) is 0 Å². The molecule has 0 bridgehead atoms. The highest BCUT2D eigenvalue weighted by atomic mass is 19.4. The molecule has 1 rings (SSSR count). The molecule has 1 aromatic rings. The van der Waals surface area contributed by atoms with Crippen molar-refractivity contribution in [2.24, 2.45) is 5.92 Å². The Morgan fingerprint density at radius 3 is 2.68 bits per heavy atom. The van der Waals surface area contributed by atoms with Crippen LogP contribution in [0.1, 0.15) is 12.5 Å². The third kappa shape index (κ3) is 3.84. The first kappa shape index (κ1) is 15.3. The molecular formula is C12H15F3N2O2. The van der Waals surface area contributed by atoms with E-state index in [1.807, 2.05) is 0 Å². The van der Waals surface area contributed by atoms with Crippen LogP contribution in [0.25, 0.3) is 0 Å². The minimum Gasteiger partial charge on any atom is -0.469 e. The molecule has 0 saturated carbocycles. The molecule has 1 aromatic heterocycles. The van der Waals surface area contributed by atoms with Crippen molar-refractivity contribution < 1.29 is 22.7 Å². The van der Waals surface area contributed by atoms with Crippen LogP contribution < -0.4 is 4.90 Å². The molecule has 0 saturated heterocycles. The molecule has 19 heavy (non-hydrogen) atoms. The van der Waals surface area contributed by atoms with Gasteiger partial charge in [-0.1, -0.05) is 6.92 Å². The second-order valence-electron chi connectivity index (χ2n) is 4.18. The summed E-state index contributed by atoms with van der Waals surface area (Å²) in [7, 11) is 2.69. The molecule has 1 unspecified atom stereocenters. The number of hydrogen-bond acceptors (Lipinski definition) is 4. The van der Waals surface area contributed by atoms with Crippen LogP contribution >= 0.6 is 0 Å². The van der Waals surface area contributed by atoms with Gasteiger partial charge in [-0.3, -0.25) is 4.79 Å². The van der Waals surface area contributed by atoms with Gasteiger partial charge in [-0.05, 0) is 12.1 Å². The normalized spacial score (nSPS) is 12.9. The lowest BCUT2D eigenvalue weighted by atomic mass is 10.1. The molecule has 0 aromatic carbocycles. The number of halogens is 3. The lowest BCUT2D eigenvalue weighted by Crippen LogP contribution is -2.31. The Balaban J connectivity index is 2.94. The molecule has 1 atom stereocenters. The number of methoxy groups -OCH3 is 1. The molecule has 0 amide bonds. The quantitative estimate of drug-likeness (QED) is 0.792. The average molecular weight is 276 g/mol. The lowest BCUT2D eigenvalue weighted by Gasteiger charge is -2.24. The van der Waals surface area contributed by atoms with Gasteiger partial charge in [0.2, 0.25) is 0 Å². The Morgan fingerprint density at radius 1 is 1.53 bits per heavy atom. The molecule has 0 aliphatic heterocycles. The van der Waals surface area contributed by atoms with E-state index in [9.17, 15) is 18.0 Å². The second kappa shape index (κ2) is 5.90. The number of nitrogens with zero attached hydrogens (tertiary/aromatic N) is 2. The molecule has 0 aliphatic carbocycles. The number of esters is 1. The van der Waals surface area contributed by atoms with Crippen molar-refractivity contribution in [3.8, 4) is 0 Å². The van der Waals surface area contributed by atoms with Crippen molar-refractivity contribution in [3.63, 3.8) is 0 Å². The monoisotopic (exact) mass is 276 g/mol. The lowest BCUT2D eigenvalue weighted by molar-refractivity contribution is -0.144. The minimum absolute atomic E-state index is 0.0900. The van der Waals surface area contributed by atoms with Crippen LogP contribution in [-0.4, -0.2) is 31.7 Å². The van der Waals surface area contributed by atoms with Gasteiger partial charge in [-0.2, -0.15) is 13.2 Å². The zero-order chi connectivity index (χ0) is 14.6. The first-order valence-electron chi connectivity index (χ1n) is 5.58. The fourth-order valence-corrected chi connectivity index (χ4v) is 1.70. The Bertz CT molecular complexity index is 449. The number of aromatic nitrogens is 1. The number of hydrogen-bond donors (Lipinski definition) is 0. The number of alkyl halides is 3. The van der Waals surface area contributed by atoms with Crippen molar-refractivity contribution in [2.45, 2.75) is 13.1 Å². The van der Waals surface area contributed by atoms with Gasteiger partial charge in [-0.25, -0.2) is 4.98 Å². The predicted octanol–water partition coefficient (Wildman–Crippen LogP) is 2.35. The summed E-state index contributed by atoms with van der Waals surface area (Å²) in [5, 5.41) is 0. The third-order valence-corrected chi connectivity index (χ3v) is 2.60. The van der Waals surface area contributed by atoms with E-state index in [2.05, 4.69) is 9.72 Å². The maximum Gasteiger partial charge on any atom is 0.419 e. The van der Waals surface area contributed by atoms with Gasteiger partial charge < -0.3 is 9.64 Å². The summed E-state index contributed by atoms with van der Waals surface area (Å²) in [5.74, 6) is -1.22. The standard InChI is InChI=1S/C12H15F3N2O2/c1-8(11(18)19-3)7-17(2)10-9(12(13,14)15)5-4-6-16-10/h4-6,8H,7H2,1-3H3. The third-order valence-electron chi connectivity index (χ3n) is 2.60. The largest absolute Gasteiger partial charge is 0.469 e. The number of carbonyl (C=O) groups is 1. The first-order valence-corrected chi connectivity index (χ1v) is 5.58. The average Bonchev–Trinajstić information content (AvgIpc) is 2.36. The van der Waals surface area contributed by atoms with E-state index >= 15 is 0 Å². The smallest absolute Gasteiger partial charge is 0.419 e. The van der Waals surface area contributed by atoms with Crippen LogP contribution in [-0.2, 0) is 15.7 Å². The highest BCUT2D eigenvalue weighted by molar-refractivity contribution is 5.72. The van der Waals surface area contributed by atoms with Gasteiger partial charge >= 0.3 is 12.1 Å². The van der Waals surface area contributed by atoms with Crippen molar-refractivity contribution in [2.75, 3.05) is 25.6 Å². The molecule has 106 valence electrons. The van der Waals surface area contributed by atoms with E-state index in [0.717, 1.165) is 6.07 Å². The zero-order valence-corrected chi connectivity index (χ0v) is 10.9. The van der Waals surface area contributed by atoms with Crippen LogP contribution in [0.5, 0.6) is 0 Å². The number of pyridine rings is 1. The molecule has 0 spiro atoms. The number of carbonyl (C=O) groups excluding carboxylic acids is 1. The summed E-state index contributed by atoms with van der Waals surface area (Å²) in [6, 6.07) is 2.19. The van der Waals surface area contributed by atoms with Crippen LogP contribution in [0.15, 0.2) is 18.3 Å². The van der Waals surface area contributed by atoms with Gasteiger partial charge in [0.05, 0.1) is 18.6 Å². The molecule has 0 fully saturated rings. The van der Waals surface area contributed by atoms with Crippen molar-refractivity contribution >= 4 is 11.8 Å². The number of ether oxygens (including phenoxy) is 1. The fraction of sp³-hybridized carbons (Fsp3) is 0.500. The topological polar surface area (TPSA) is 42.4 Å². The maximum absolute atomic E-state index is 12.8. The maximum atomic E-state index is 12.8. The molecule has 7 heteroatoms. The SMILES string of the molecule is COC(=O)C(C)CN(C)c1ncccc1C(F)(F)F. The van der Waals surface area contributed by atoms with Crippen LogP contribution in [0.3, 0.4) is 0 Å². The number of anilines is 1. The summed E-state index contributed by atoms with van der Waals surface area (Å²) in [6.45, 7) is 1.67. The Labute approximate surface area is 109 Å². The van der Waals surface area contributed by atoms with Gasteiger partial charge in [0.15, 0.2) is 0 Å². The molecular weight excluding hydrogens is 261 g/mol. The van der Waals surface area contributed by atoms with E-state index in [1.165, 1.54) is 31.3 Å². The summed E-state index contributed by atoms with van der Waals surface area (Å²) < 4.78 is 43.0. The van der Waals surface area contributed by atoms with Gasteiger partial charge in [0, 0.05) is 19.8 Å². The Hall–Kier alpha value is -1.79. The highest BCUT2D eigenvalue weighted by Gasteiger charge is 2.35.